The molecule has 1 atom stereocenters. The molecule has 5 aromatic rings. The molecule has 0 saturated carbocycles. The fraction of sp³-hybridized carbons (Fsp3) is 0.120. The lowest BCUT2D eigenvalue weighted by Gasteiger charge is -2.13. The summed E-state index contributed by atoms with van der Waals surface area (Å²) in [5.41, 5.74) is 1.56. The highest BCUT2D eigenvalue weighted by Gasteiger charge is 2.22. The van der Waals surface area contributed by atoms with Gasteiger partial charge in [-0.25, -0.2) is 4.39 Å². The summed E-state index contributed by atoms with van der Waals surface area (Å²) in [6.07, 6.45) is 0. The Morgan fingerprint density at radius 3 is 2.50 bits per heavy atom. The number of hydrogen-bond donors (Lipinski definition) is 1. The highest BCUT2D eigenvalue weighted by atomic mass is 32.2. The fourth-order valence-electron chi connectivity index (χ4n) is 3.73. The summed E-state index contributed by atoms with van der Waals surface area (Å²) in [5, 5.41) is 11.6. The number of para-hydroxylation sites is 2. The molecule has 5 rings (SSSR count). The van der Waals surface area contributed by atoms with Crippen LogP contribution in [-0.4, -0.2) is 30.3 Å². The number of hydrogen-bond acceptors (Lipinski definition) is 5. The smallest absolute Gasteiger partial charge is 0.263 e. The number of aromatic nitrogens is 4. The first-order valence-corrected chi connectivity index (χ1v) is 11.5. The van der Waals surface area contributed by atoms with Crippen LogP contribution in [0.5, 0.6) is 0 Å². The van der Waals surface area contributed by atoms with Crippen LogP contribution >= 0.6 is 11.8 Å². The molecule has 1 unspecified atom stereocenters. The number of thioether (sulfide) groups is 1. The predicted molar refractivity (Wildman–Crippen MR) is 131 cm³/mol. The number of benzene rings is 3. The second kappa shape index (κ2) is 9.11. The maximum absolute atomic E-state index is 14.0. The minimum absolute atomic E-state index is 0.119. The SMILES string of the molecule is CC(Sc1nnc2n(Cc3ccccc3)c(=O)c3ccccc3n12)C(=O)Nc1ccccc1F. The molecule has 0 radical (unpaired) electrons. The maximum atomic E-state index is 14.0. The Morgan fingerprint density at radius 2 is 1.71 bits per heavy atom. The number of anilines is 1. The van der Waals surface area contributed by atoms with Gasteiger partial charge in [0, 0.05) is 0 Å². The van der Waals surface area contributed by atoms with Crippen molar-refractivity contribution >= 4 is 40.0 Å². The van der Waals surface area contributed by atoms with E-state index in [2.05, 4.69) is 15.5 Å². The molecule has 0 spiro atoms. The molecule has 7 nitrogen and oxygen atoms in total. The second-order valence-electron chi connectivity index (χ2n) is 7.74. The number of halogens is 1. The van der Waals surface area contributed by atoms with E-state index in [0.29, 0.717) is 28.4 Å². The van der Waals surface area contributed by atoms with Gasteiger partial charge in [-0.15, -0.1) is 10.2 Å². The van der Waals surface area contributed by atoms with Gasteiger partial charge in [0.25, 0.3) is 5.56 Å². The van der Waals surface area contributed by atoms with E-state index < -0.39 is 11.1 Å². The van der Waals surface area contributed by atoms with Crippen LogP contribution in [0, 0.1) is 5.82 Å². The molecule has 0 bridgehead atoms. The number of carbonyl (C=O) groups excluding carboxylic acids is 1. The number of amides is 1. The Hall–Kier alpha value is -3.98. The van der Waals surface area contributed by atoms with Crippen LogP contribution in [0.25, 0.3) is 16.7 Å². The molecule has 1 N–H and O–H groups in total. The van der Waals surface area contributed by atoms with Crippen molar-refractivity contribution < 1.29 is 9.18 Å². The van der Waals surface area contributed by atoms with Gasteiger partial charge in [0.1, 0.15) is 5.82 Å². The highest BCUT2D eigenvalue weighted by Crippen LogP contribution is 2.26. The largest absolute Gasteiger partial charge is 0.323 e. The van der Waals surface area contributed by atoms with E-state index in [1.165, 1.54) is 23.9 Å². The van der Waals surface area contributed by atoms with Crippen molar-refractivity contribution in [2.24, 2.45) is 0 Å². The van der Waals surface area contributed by atoms with Gasteiger partial charge in [-0.1, -0.05) is 66.4 Å². The lowest BCUT2D eigenvalue weighted by Crippen LogP contribution is -2.25. The number of nitrogens with one attached hydrogen (secondary N) is 1. The molecule has 2 heterocycles. The van der Waals surface area contributed by atoms with Crippen LogP contribution in [-0.2, 0) is 11.3 Å². The third kappa shape index (κ3) is 4.06. The zero-order chi connectivity index (χ0) is 23.7. The summed E-state index contributed by atoms with van der Waals surface area (Å²) in [5.74, 6) is -0.484. The standard InChI is InChI=1S/C25H20FN5O2S/c1-16(22(32)27-20-13-7-6-12-19(20)26)34-25-29-28-24-30(15-17-9-3-2-4-10-17)23(33)18-11-5-8-14-21(18)31(24)25/h2-14,16H,15H2,1H3,(H,27,32). The molecule has 9 heteroatoms. The minimum Gasteiger partial charge on any atom is -0.323 e. The molecule has 1 amide bonds. The van der Waals surface area contributed by atoms with Gasteiger partial charge < -0.3 is 5.32 Å². The molecular weight excluding hydrogens is 453 g/mol. The van der Waals surface area contributed by atoms with Crippen LogP contribution < -0.4 is 10.9 Å². The molecule has 0 fully saturated rings. The van der Waals surface area contributed by atoms with Gasteiger partial charge in [0.15, 0.2) is 5.16 Å². The van der Waals surface area contributed by atoms with Crippen molar-refractivity contribution in [3.8, 4) is 0 Å². The number of nitrogens with zero attached hydrogens (tertiary/aromatic N) is 4. The second-order valence-corrected chi connectivity index (χ2v) is 9.05. The zero-order valence-corrected chi connectivity index (χ0v) is 19.0. The number of carbonyl (C=O) groups is 1. The first kappa shape index (κ1) is 21.8. The Bertz CT molecular complexity index is 1560. The topological polar surface area (TPSA) is 81.3 Å². The summed E-state index contributed by atoms with van der Waals surface area (Å²) in [6.45, 7) is 2.05. The Morgan fingerprint density at radius 1 is 1.00 bits per heavy atom. The average molecular weight is 474 g/mol. The average Bonchev–Trinajstić information content (AvgIpc) is 3.27. The summed E-state index contributed by atoms with van der Waals surface area (Å²) in [4.78, 5) is 26.0. The monoisotopic (exact) mass is 473 g/mol. The molecule has 0 saturated heterocycles. The molecule has 2 aromatic heterocycles. The van der Waals surface area contributed by atoms with Crippen LogP contribution in [0.1, 0.15) is 12.5 Å². The van der Waals surface area contributed by atoms with Crippen molar-refractivity contribution in [2.45, 2.75) is 23.9 Å². The number of rotatable bonds is 6. The molecular formula is C25H20FN5O2S. The van der Waals surface area contributed by atoms with E-state index in [0.717, 1.165) is 5.56 Å². The normalized spacial score (nSPS) is 12.2. The van der Waals surface area contributed by atoms with Crippen LogP contribution in [0.15, 0.2) is 88.8 Å². The molecule has 0 aliphatic heterocycles. The van der Waals surface area contributed by atoms with Crippen molar-refractivity contribution in [3.05, 3.63) is 101 Å². The third-order valence-corrected chi connectivity index (χ3v) is 6.49. The fourth-order valence-corrected chi connectivity index (χ4v) is 4.58. The van der Waals surface area contributed by atoms with Crippen molar-refractivity contribution in [3.63, 3.8) is 0 Å². The lowest BCUT2D eigenvalue weighted by atomic mass is 10.2. The maximum Gasteiger partial charge on any atom is 0.263 e. The summed E-state index contributed by atoms with van der Waals surface area (Å²) >= 11 is 1.19. The highest BCUT2D eigenvalue weighted by molar-refractivity contribution is 8.00. The summed E-state index contributed by atoms with van der Waals surface area (Å²) in [6, 6.07) is 22.9. The quantitative estimate of drug-likeness (QED) is 0.371. The van der Waals surface area contributed by atoms with E-state index in [4.69, 9.17) is 0 Å². The van der Waals surface area contributed by atoms with Crippen molar-refractivity contribution in [1.29, 1.82) is 0 Å². The lowest BCUT2D eigenvalue weighted by molar-refractivity contribution is -0.115. The molecule has 3 aromatic carbocycles. The minimum atomic E-state index is -0.597. The molecule has 0 aliphatic carbocycles. The zero-order valence-electron chi connectivity index (χ0n) is 18.2. The van der Waals surface area contributed by atoms with E-state index in [-0.39, 0.29) is 17.2 Å². The van der Waals surface area contributed by atoms with E-state index in [9.17, 15) is 14.0 Å². The first-order chi connectivity index (χ1) is 16.5. The van der Waals surface area contributed by atoms with E-state index in [1.807, 2.05) is 48.5 Å². The van der Waals surface area contributed by atoms with Crippen molar-refractivity contribution in [1.82, 2.24) is 19.2 Å². The number of fused-ring (bicyclic) bond motifs is 3. The van der Waals surface area contributed by atoms with Gasteiger partial charge in [-0.2, -0.15) is 0 Å². The summed E-state index contributed by atoms with van der Waals surface area (Å²) in [7, 11) is 0. The van der Waals surface area contributed by atoms with E-state index >= 15 is 0 Å². The predicted octanol–water partition coefficient (Wildman–Crippen LogP) is 4.35. The van der Waals surface area contributed by atoms with Crippen LogP contribution in [0.3, 0.4) is 0 Å². The van der Waals surface area contributed by atoms with Gasteiger partial charge in [-0.05, 0) is 36.8 Å². The van der Waals surface area contributed by atoms with Gasteiger partial charge in [0.05, 0.1) is 28.4 Å². The van der Waals surface area contributed by atoms with Gasteiger partial charge >= 0.3 is 0 Å². The first-order valence-electron chi connectivity index (χ1n) is 10.7. The van der Waals surface area contributed by atoms with E-state index in [1.54, 1.807) is 34.1 Å². The molecule has 0 aliphatic rings. The van der Waals surface area contributed by atoms with Crippen LogP contribution in [0.4, 0.5) is 10.1 Å². The van der Waals surface area contributed by atoms with Crippen molar-refractivity contribution in [2.75, 3.05) is 5.32 Å². The van der Waals surface area contributed by atoms with Gasteiger partial charge in [-0.3, -0.25) is 18.6 Å². The molecule has 34 heavy (non-hydrogen) atoms. The Kier molecular flexibility index (Phi) is 5.85. The molecule has 170 valence electrons. The van der Waals surface area contributed by atoms with Crippen LogP contribution in [0.2, 0.25) is 0 Å². The van der Waals surface area contributed by atoms with Gasteiger partial charge in [0.2, 0.25) is 11.7 Å². The Labute approximate surface area is 198 Å². The summed E-state index contributed by atoms with van der Waals surface area (Å²) < 4.78 is 17.3. The Balaban J connectivity index is 1.54. The third-order valence-electron chi connectivity index (χ3n) is 5.44.